The SMILES string of the molecule is c1ccc(N2c3ccccc3B3c4ccccc4N(c4ccc5c(c4)[C@]4(C[C@H]6CC[C@@H]4C6)c4ccccc4-5)c4c3c2cc2c4-c3ccccc3[C@@]23C[C@H]2CC[C@@H]3C2)cc1. The minimum Gasteiger partial charge on any atom is -0.311 e. The lowest BCUT2D eigenvalue weighted by Crippen LogP contribution is -2.61. The number of hydrogen-bond acceptors (Lipinski definition) is 2. The molecule has 7 aromatic carbocycles. The quantitative estimate of drug-likeness (QED) is 0.162. The van der Waals surface area contributed by atoms with Gasteiger partial charge in [-0.1, -0.05) is 122 Å². The van der Waals surface area contributed by atoms with Crippen molar-refractivity contribution in [1.29, 1.82) is 0 Å². The summed E-state index contributed by atoms with van der Waals surface area (Å²) < 4.78 is 0. The van der Waals surface area contributed by atoms with Gasteiger partial charge in [0.25, 0.3) is 6.71 Å². The largest absolute Gasteiger partial charge is 0.311 e. The van der Waals surface area contributed by atoms with E-state index >= 15 is 0 Å². The molecule has 4 bridgehead atoms. The van der Waals surface area contributed by atoms with Crippen molar-refractivity contribution in [3.8, 4) is 22.3 Å². The highest BCUT2D eigenvalue weighted by atomic mass is 15.2. The smallest absolute Gasteiger partial charge is 0.252 e. The molecule has 0 N–H and O–H groups in total. The molecule has 0 saturated heterocycles. The van der Waals surface area contributed by atoms with E-state index < -0.39 is 0 Å². The normalized spacial score (nSPS) is 27.5. The van der Waals surface area contributed by atoms with Gasteiger partial charge in [0.2, 0.25) is 0 Å². The van der Waals surface area contributed by atoms with E-state index in [-0.39, 0.29) is 17.5 Å². The number of fused-ring (bicyclic) bond motifs is 21. The van der Waals surface area contributed by atoms with Gasteiger partial charge in [-0.2, -0.15) is 0 Å². The Hall–Kier alpha value is -5.80. The molecule has 2 heterocycles. The van der Waals surface area contributed by atoms with Gasteiger partial charge in [0.1, 0.15) is 0 Å². The van der Waals surface area contributed by atoms with Crippen LogP contribution < -0.4 is 26.2 Å². The van der Waals surface area contributed by atoms with Crippen LogP contribution in [0.4, 0.5) is 34.1 Å². The Morgan fingerprint density at radius 3 is 1.69 bits per heavy atom. The van der Waals surface area contributed by atoms with E-state index in [1.54, 1.807) is 22.3 Å². The molecule has 0 aromatic heterocycles. The molecule has 2 nitrogen and oxygen atoms in total. The average Bonchev–Trinajstić information content (AvgIpc) is 4.17. The highest BCUT2D eigenvalue weighted by molar-refractivity contribution is 7.00. The topological polar surface area (TPSA) is 6.48 Å². The van der Waals surface area contributed by atoms with Gasteiger partial charge in [0.15, 0.2) is 0 Å². The maximum absolute atomic E-state index is 2.77. The van der Waals surface area contributed by atoms with Gasteiger partial charge in [-0.25, -0.2) is 0 Å². The lowest BCUT2D eigenvalue weighted by Gasteiger charge is -2.46. The van der Waals surface area contributed by atoms with Crippen molar-refractivity contribution in [2.45, 2.75) is 62.2 Å². The van der Waals surface area contributed by atoms with E-state index in [0.717, 1.165) is 17.8 Å². The summed E-state index contributed by atoms with van der Waals surface area (Å²) in [6.07, 6.45) is 10.8. The van der Waals surface area contributed by atoms with Gasteiger partial charge in [-0.05, 0) is 160 Å². The maximum atomic E-state index is 2.77. The first-order valence-electron chi connectivity index (χ1n) is 22.6. The minimum absolute atomic E-state index is 0.0462. The molecule has 0 unspecified atom stereocenters. The zero-order valence-electron chi connectivity index (χ0n) is 33.4. The number of para-hydroxylation sites is 3. The first-order valence-corrected chi connectivity index (χ1v) is 22.6. The van der Waals surface area contributed by atoms with E-state index in [1.807, 2.05) is 0 Å². The molecule has 0 amide bonds. The number of anilines is 6. The van der Waals surface area contributed by atoms with Crippen molar-refractivity contribution < 1.29 is 0 Å². The van der Waals surface area contributed by atoms with Crippen LogP contribution in [0.5, 0.6) is 0 Å². The summed E-state index contributed by atoms with van der Waals surface area (Å²) in [5.74, 6) is 3.04. The number of hydrogen-bond donors (Lipinski definition) is 0. The van der Waals surface area contributed by atoms with E-state index in [9.17, 15) is 0 Å². The highest BCUT2D eigenvalue weighted by Crippen LogP contribution is 2.69. The molecule has 3 heteroatoms. The second-order valence-corrected chi connectivity index (χ2v) is 19.6. The molecule has 4 fully saturated rings. The average molecular weight is 757 g/mol. The molecule has 6 aliphatic carbocycles. The minimum atomic E-state index is 0.0462. The van der Waals surface area contributed by atoms with Crippen LogP contribution in [0, 0.1) is 23.7 Å². The van der Waals surface area contributed by atoms with Crippen LogP contribution in [0.2, 0.25) is 0 Å². The fourth-order valence-corrected chi connectivity index (χ4v) is 15.5. The Morgan fingerprint density at radius 1 is 0.441 bits per heavy atom. The van der Waals surface area contributed by atoms with Gasteiger partial charge in [0.05, 0.1) is 5.69 Å². The molecule has 2 spiro atoms. The molecule has 6 atom stereocenters. The third kappa shape index (κ3) is 3.75. The van der Waals surface area contributed by atoms with Gasteiger partial charge >= 0.3 is 0 Å². The molecule has 7 aromatic rings. The Morgan fingerprint density at radius 2 is 1.02 bits per heavy atom. The Labute approximate surface area is 347 Å². The molecule has 2 aliphatic heterocycles. The van der Waals surface area contributed by atoms with Gasteiger partial charge in [-0.15, -0.1) is 0 Å². The molecule has 0 radical (unpaired) electrons. The highest BCUT2D eigenvalue weighted by Gasteiger charge is 2.60. The number of benzene rings is 7. The second kappa shape index (κ2) is 11.1. The molecular weight excluding hydrogens is 711 g/mol. The summed E-state index contributed by atoms with van der Waals surface area (Å²) in [5, 5.41) is 0. The molecule has 282 valence electrons. The Kier molecular flexibility index (Phi) is 6.02. The summed E-state index contributed by atoms with van der Waals surface area (Å²) in [6, 6.07) is 59.5. The second-order valence-electron chi connectivity index (χ2n) is 19.6. The fraction of sp³-hybridized carbons (Fsp3) is 0.250. The third-order valence-electron chi connectivity index (χ3n) is 17.4. The van der Waals surface area contributed by atoms with Crippen LogP contribution in [0.25, 0.3) is 22.3 Å². The van der Waals surface area contributed by atoms with E-state index in [1.165, 1.54) is 124 Å². The lowest BCUT2D eigenvalue weighted by molar-refractivity contribution is 0.327. The van der Waals surface area contributed by atoms with Gasteiger partial charge in [0, 0.05) is 44.8 Å². The Bertz CT molecular complexity index is 2990. The van der Waals surface area contributed by atoms with Crippen LogP contribution >= 0.6 is 0 Å². The van der Waals surface area contributed by atoms with Crippen LogP contribution in [-0.2, 0) is 10.8 Å². The van der Waals surface area contributed by atoms with Crippen molar-refractivity contribution >= 4 is 57.2 Å². The van der Waals surface area contributed by atoms with E-state index in [2.05, 4.69) is 161 Å². The maximum Gasteiger partial charge on any atom is 0.252 e. The monoisotopic (exact) mass is 756 g/mol. The van der Waals surface area contributed by atoms with Crippen LogP contribution in [0.1, 0.15) is 73.6 Å². The first kappa shape index (κ1) is 32.1. The van der Waals surface area contributed by atoms with Gasteiger partial charge < -0.3 is 9.80 Å². The van der Waals surface area contributed by atoms with Crippen LogP contribution in [0.3, 0.4) is 0 Å². The molecule has 59 heavy (non-hydrogen) atoms. The number of rotatable bonds is 2. The molecule has 8 aliphatic rings. The zero-order chi connectivity index (χ0) is 38.2. The van der Waals surface area contributed by atoms with Crippen LogP contribution in [0.15, 0.2) is 152 Å². The number of nitrogens with zero attached hydrogens (tertiary/aromatic N) is 2. The lowest BCUT2D eigenvalue weighted by atomic mass is 9.33. The molecule has 4 saturated carbocycles. The summed E-state index contributed by atoms with van der Waals surface area (Å²) in [6.45, 7) is 0.119. The predicted molar refractivity (Wildman–Crippen MR) is 244 cm³/mol. The predicted octanol–water partition coefficient (Wildman–Crippen LogP) is 11.9. The fourth-order valence-electron chi connectivity index (χ4n) is 15.5. The Balaban J connectivity index is 1.08. The van der Waals surface area contributed by atoms with E-state index in [0.29, 0.717) is 5.92 Å². The van der Waals surface area contributed by atoms with Crippen molar-refractivity contribution in [3.63, 3.8) is 0 Å². The first-order chi connectivity index (χ1) is 29.2. The van der Waals surface area contributed by atoms with Crippen molar-refractivity contribution in [2.24, 2.45) is 23.7 Å². The third-order valence-corrected chi connectivity index (χ3v) is 17.4. The van der Waals surface area contributed by atoms with Crippen molar-refractivity contribution in [1.82, 2.24) is 0 Å². The van der Waals surface area contributed by atoms with Crippen LogP contribution in [-0.4, -0.2) is 6.71 Å². The summed E-state index contributed by atoms with van der Waals surface area (Å²) in [5.41, 5.74) is 24.6. The summed E-state index contributed by atoms with van der Waals surface area (Å²) in [7, 11) is 0. The van der Waals surface area contributed by atoms with E-state index in [4.69, 9.17) is 0 Å². The summed E-state index contributed by atoms with van der Waals surface area (Å²) >= 11 is 0. The zero-order valence-corrected chi connectivity index (χ0v) is 33.4. The molecular formula is C56H45BN2. The van der Waals surface area contributed by atoms with Gasteiger partial charge in [-0.3, -0.25) is 0 Å². The summed E-state index contributed by atoms with van der Waals surface area (Å²) in [4.78, 5) is 5.40. The van der Waals surface area contributed by atoms with Crippen molar-refractivity contribution in [3.05, 3.63) is 174 Å². The molecule has 15 rings (SSSR count). The standard InChI is InChI=1S/C56H45BN2/c1-2-12-38(13-3-1)58-49-20-10-8-18-47(49)57-48-19-9-11-21-50(48)59(39-26-27-41-40-14-4-6-16-43(40)55(45(41)30-39)32-34-22-24-36(55)28-34)54-52-42-15-5-7-17-44(42)56(33-35-23-25-37(56)29-35)46(52)31-51(58)53(54)57/h1-21,26-27,30-31,34-37H,22-25,28-29,32-33H2/t34-,35-,36+,37+,55-,56-/m0/s1. The van der Waals surface area contributed by atoms with Crippen molar-refractivity contribution in [2.75, 3.05) is 9.80 Å².